The van der Waals surface area contributed by atoms with Gasteiger partial charge in [-0.05, 0) is 47.8 Å². The molecule has 1 N–H and O–H groups in total. The minimum atomic E-state index is -3.66. The van der Waals surface area contributed by atoms with Gasteiger partial charge in [-0.25, -0.2) is 13.2 Å². The van der Waals surface area contributed by atoms with Crippen molar-refractivity contribution in [1.29, 1.82) is 0 Å². The second-order valence-corrected chi connectivity index (χ2v) is 8.84. The van der Waals surface area contributed by atoms with Gasteiger partial charge in [-0.3, -0.25) is 9.52 Å². The number of thiophene rings is 1. The lowest BCUT2D eigenvalue weighted by Crippen LogP contribution is -2.31. The van der Waals surface area contributed by atoms with Crippen molar-refractivity contribution in [2.45, 2.75) is 4.21 Å². The summed E-state index contributed by atoms with van der Waals surface area (Å²) in [6, 6.07) is 17.9. The lowest BCUT2D eigenvalue weighted by molar-refractivity contribution is -0.121. The van der Waals surface area contributed by atoms with Crippen LogP contribution < -0.4 is 9.62 Å². The molecule has 0 atom stereocenters. The summed E-state index contributed by atoms with van der Waals surface area (Å²) in [7, 11) is -2.06. The zero-order chi connectivity index (χ0) is 20.9. The van der Waals surface area contributed by atoms with E-state index in [-0.39, 0.29) is 15.7 Å². The van der Waals surface area contributed by atoms with E-state index in [1.807, 2.05) is 6.07 Å². The van der Waals surface area contributed by atoms with Gasteiger partial charge in [0.1, 0.15) is 4.21 Å². The minimum Gasteiger partial charge on any atom is -0.452 e. The zero-order valence-corrected chi connectivity index (χ0v) is 17.1. The Balaban J connectivity index is 1.57. The van der Waals surface area contributed by atoms with Crippen molar-refractivity contribution in [3.05, 3.63) is 77.7 Å². The highest BCUT2D eigenvalue weighted by molar-refractivity contribution is 7.94. The number of ether oxygens (including phenoxy) is 1. The van der Waals surface area contributed by atoms with Crippen LogP contribution in [0.15, 0.2) is 76.3 Å². The van der Waals surface area contributed by atoms with Gasteiger partial charge < -0.3 is 9.64 Å². The van der Waals surface area contributed by atoms with E-state index in [4.69, 9.17) is 4.74 Å². The first-order valence-electron chi connectivity index (χ1n) is 8.52. The van der Waals surface area contributed by atoms with Crippen LogP contribution in [0.25, 0.3) is 0 Å². The van der Waals surface area contributed by atoms with Gasteiger partial charge in [-0.1, -0.05) is 24.3 Å². The maximum absolute atomic E-state index is 12.2. The van der Waals surface area contributed by atoms with Gasteiger partial charge in [-0.15, -0.1) is 11.3 Å². The number of carbonyl (C=O) groups excluding carboxylic acids is 2. The predicted molar refractivity (Wildman–Crippen MR) is 112 cm³/mol. The Bertz CT molecular complexity index is 1080. The number of para-hydroxylation sites is 1. The summed E-state index contributed by atoms with van der Waals surface area (Å²) in [6.45, 7) is -0.406. The van der Waals surface area contributed by atoms with E-state index >= 15 is 0 Å². The van der Waals surface area contributed by atoms with Crippen LogP contribution in [0.4, 0.5) is 11.4 Å². The average molecular weight is 431 g/mol. The number of rotatable bonds is 7. The van der Waals surface area contributed by atoms with Crippen LogP contribution in [0.2, 0.25) is 0 Å². The number of nitrogens with one attached hydrogen (secondary N) is 1. The van der Waals surface area contributed by atoms with Crippen LogP contribution in [0.3, 0.4) is 0 Å². The van der Waals surface area contributed by atoms with Crippen LogP contribution in [0.1, 0.15) is 10.4 Å². The number of anilines is 2. The van der Waals surface area contributed by atoms with Crippen molar-refractivity contribution in [3.63, 3.8) is 0 Å². The molecule has 29 heavy (non-hydrogen) atoms. The molecule has 7 nitrogen and oxygen atoms in total. The van der Waals surface area contributed by atoms with Gasteiger partial charge in [0.05, 0.1) is 5.56 Å². The second-order valence-electron chi connectivity index (χ2n) is 5.98. The lowest BCUT2D eigenvalue weighted by atomic mass is 10.2. The van der Waals surface area contributed by atoms with Crippen LogP contribution >= 0.6 is 11.3 Å². The molecule has 0 saturated carbocycles. The number of esters is 1. The first kappa shape index (κ1) is 20.6. The molecule has 0 bridgehead atoms. The van der Waals surface area contributed by atoms with E-state index in [1.165, 1.54) is 35.2 Å². The number of benzene rings is 2. The molecule has 0 saturated heterocycles. The smallest absolute Gasteiger partial charge is 0.338 e. The molecule has 0 spiro atoms. The van der Waals surface area contributed by atoms with Gasteiger partial charge >= 0.3 is 5.97 Å². The van der Waals surface area contributed by atoms with Crippen molar-refractivity contribution in [3.8, 4) is 0 Å². The van der Waals surface area contributed by atoms with Crippen LogP contribution in [-0.4, -0.2) is 33.9 Å². The number of amides is 1. The molecular weight excluding hydrogens is 412 g/mol. The highest BCUT2D eigenvalue weighted by Gasteiger charge is 2.17. The molecule has 150 valence electrons. The zero-order valence-electron chi connectivity index (χ0n) is 15.4. The fourth-order valence-corrected chi connectivity index (χ4v) is 4.45. The molecule has 0 aliphatic rings. The van der Waals surface area contributed by atoms with Crippen molar-refractivity contribution in [1.82, 2.24) is 0 Å². The highest BCUT2D eigenvalue weighted by atomic mass is 32.2. The third-order valence-corrected chi connectivity index (χ3v) is 6.76. The Morgan fingerprint density at radius 1 is 1.00 bits per heavy atom. The summed E-state index contributed by atoms with van der Waals surface area (Å²) < 4.78 is 32.1. The maximum atomic E-state index is 12.2. The van der Waals surface area contributed by atoms with E-state index in [1.54, 1.807) is 42.8 Å². The third kappa shape index (κ3) is 5.21. The first-order valence-corrected chi connectivity index (χ1v) is 10.9. The molecular formula is C20H18N2O5S2. The van der Waals surface area contributed by atoms with E-state index in [0.29, 0.717) is 11.4 Å². The molecule has 1 amide bonds. The van der Waals surface area contributed by atoms with E-state index in [2.05, 4.69) is 4.72 Å². The molecule has 2 aromatic carbocycles. The summed E-state index contributed by atoms with van der Waals surface area (Å²) in [6.07, 6.45) is 0. The summed E-state index contributed by atoms with van der Waals surface area (Å²) in [5.41, 5.74) is 1.21. The van der Waals surface area contributed by atoms with Crippen molar-refractivity contribution < 1.29 is 22.7 Å². The topological polar surface area (TPSA) is 92.8 Å². The van der Waals surface area contributed by atoms with E-state index < -0.39 is 22.6 Å². The van der Waals surface area contributed by atoms with Crippen molar-refractivity contribution in [2.75, 3.05) is 23.3 Å². The lowest BCUT2D eigenvalue weighted by Gasteiger charge is -2.17. The number of hydrogen-bond acceptors (Lipinski definition) is 6. The second kappa shape index (κ2) is 8.89. The minimum absolute atomic E-state index is 0.196. The molecule has 0 aliphatic carbocycles. The fraction of sp³-hybridized carbons (Fsp3) is 0.100. The Morgan fingerprint density at radius 2 is 1.69 bits per heavy atom. The first-order chi connectivity index (χ1) is 13.9. The normalized spacial score (nSPS) is 10.9. The van der Waals surface area contributed by atoms with Crippen LogP contribution in [0, 0.1) is 0 Å². The Hall–Kier alpha value is -3.17. The van der Waals surface area contributed by atoms with Gasteiger partial charge in [0.2, 0.25) is 0 Å². The van der Waals surface area contributed by atoms with Crippen LogP contribution in [-0.2, 0) is 19.6 Å². The molecule has 1 heterocycles. The number of nitrogens with zero attached hydrogens (tertiary/aromatic N) is 1. The van der Waals surface area contributed by atoms with E-state index in [9.17, 15) is 18.0 Å². The van der Waals surface area contributed by atoms with Crippen LogP contribution in [0.5, 0.6) is 0 Å². The quantitative estimate of drug-likeness (QED) is 0.580. The molecule has 0 radical (unpaired) electrons. The van der Waals surface area contributed by atoms with Gasteiger partial charge in [0.25, 0.3) is 15.9 Å². The van der Waals surface area contributed by atoms with Crippen molar-refractivity contribution in [2.24, 2.45) is 0 Å². The highest BCUT2D eigenvalue weighted by Crippen LogP contribution is 2.20. The van der Waals surface area contributed by atoms with Gasteiger partial charge in [0.15, 0.2) is 6.61 Å². The molecule has 1 aromatic heterocycles. The third-order valence-electron chi connectivity index (χ3n) is 3.98. The molecule has 0 aliphatic heterocycles. The Labute approximate surface area is 172 Å². The standard InChI is InChI=1S/C20H18N2O5S2/c1-22(17-6-3-2-4-7-17)18(23)14-27-20(24)15-9-11-16(12-10-15)21-29(25,26)19-8-5-13-28-19/h2-13,21H,14H2,1H3. The van der Waals surface area contributed by atoms with E-state index in [0.717, 1.165) is 11.3 Å². The number of likely N-dealkylation sites (N-methyl/N-ethyl adjacent to an activating group) is 1. The largest absolute Gasteiger partial charge is 0.452 e. The molecule has 9 heteroatoms. The summed E-state index contributed by atoms with van der Waals surface area (Å²) in [5.74, 6) is -1.04. The number of sulfonamides is 1. The molecule has 3 aromatic rings. The van der Waals surface area contributed by atoms with Crippen molar-refractivity contribution >= 4 is 44.6 Å². The monoisotopic (exact) mass is 430 g/mol. The van der Waals surface area contributed by atoms with Gasteiger partial charge in [0, 0.05) is 18.4 Å². The number of carbonyl (C=O) groups is 2. The number of hydrogen-bond donors (Lipinski definition) is 1. The summed E-state index contributed by atoms with van der Waals surface area (Å²) >= 11 is 1.11. The molecule has 0 unspecified atom stereocenters. The predicted octanol–water partition coefficient (Wildman–Crippen LogP) is 3.37. The van der Waals surface area contributed by atoms with Gasteiger partial charge in [-0.2, -0.15) is 0 Å². The fourth-order valence-electron chi connectivity index (χ4n) is 2.40. The maximum Gasteiger partial charge on any atom is 0.338 e. The average Bonchev–Trinajstić information content (AvgIpc) is 3.28. The Kier molecular flexibility index (Phi) is 6.30. The molecule has 0 fully saturated rings. The summed E-state index contributed by atoms with van der Waals surface area (Å²) in [5, 5.41) is 1.67. The Morgan fingerprint density at radius 3 is 2.31 bits per heavy atom. The summed E-state index contributed by atoms with van der Waals surface area (Å²) in [4.78, 5) is 25.7. The SMILES string of the molecule is CN(C(=O)COC(=O)c1ccc(NS(=O)(=O)c2cccs2)cc1)c1ccccc1. The molecule has 3 rings (SSSR count).